The molecule has 21 heavy (non-hydrogen) atoms. The average molecular weight is 418 g/mol. The minimum Gasteiger partial charge on any atom is -0.458 e. The topological polar surface area (TPSA) is 64.3 Å². The number of halogens is 2. The molecule has 4 nitrogen and oxygen atoms in total. The molecule has 114 valence electrons. The van der Waals surface area contributed by atoms with E-state index >= 15 is 0 Å². The van der Waals surface area contributed by atoms with Crippen LogP contribution < -0.4 is 11.1 Å². The van der Waals surface area contributed by atoms with E-state index in [1.807, 2.05) is 18.2 Å². The zero-order valence-electron chi connectivity index (χ0n) is 11.7. The number of carbonyl (C=O) groups is 1. The Balaban J connectivity index is 1.92. The number of anilines is 1. The summed E-state index contributed by atoms with van der Waals surface area (Å²) < 4.78 is 7.05. The summed E-state index contributed by atoms with van der Waals surface area (Å²) >= 11 is 6.92. The van der Waals surface area contributed by atoms with Crippen molar-refractivity contribution < 1.29 is 9.53 Å². The summed E-state index contributed by atoms with van der Waals surface area (Å²) in [7, 11) is 0. The molecule has 0 saturated heterocycles. The first-order valence-electron chi connectivity index (χ1n) is 6.78. The molecule has 0 saturated carbocycles. The molecule has 1 aliphatic rings. The molecule has 1 aliphatic carbocycles. The summed E-state index contributed by atoms with van der Waals surface area (Å²) in [6.45, 7) is 2.13. The van der Waals surface area contributed by atoms with Gasteiger partial charge in [0.1, 0.15) is 6.10 Å². The quantitative estimate of drug-likeness (QED) is 0.446. The molecule has 2 atom stereocenters. The fourth-order valence-corrected chi connectivity index (χ4v) is 3.61. The lowest BCUT2D eigenvalue weighted by atomic mass is 10.00. The number of nitrogen functional groups attached to an aromatic ring is 1. The van der Waals surface area contributed by atoms with Gasteiger partial charge in [-0.1, -0.05) is 22.0 Å². The Morgan fingerprint density at radius 2 is 2.14 bits per heavy atom. The minimum absolute atomic E-state index is 0.0920. The van der Waals surface area contributed by atoms with E-state index in [9.17, 15) is 4.79 Å². The van der Waals surface area contributed by atoms with E-state index in [-0.39, 0.29) is 18.1 Å². The Morgan fingerprint density at radius 1 is 1.38 bits per heavy atom. The second kappa shape index (κ2) is 7.42. The van der Waals surface area contributed by atoms with Crippen LogP contribution in [0, 0.1) is 0 Å². The number of nitrogens with two attached hydrogens (primary N) is 1. The van der Waals surface area contributed by atoms with Gasteiger partial charge < -0.3 is 15.8 Å². The maximum atomic E-state index is 10.9. The number of hydrogen-bond acceptors (Lipinski definition) is 4. The first-order valence-corrected chi connectivity index (χ1v) is 8.36. The van der Waals surface area contributed by atoms with Gasteiger partial charge in [-0.2, -0.15) is 0 Å². The molecule has 1 aromatic carbocycles. The Kier molecular flexibility index (Phi) is 5.84. The van der Waals surface area contributed by atoms with E-state index in [0.717, 1.165) is 33.0 Å². The molecule has 6 heteroatoms. The first-order chi connectivity index (χ1) is 9.95. The van der Waals surface area contributed by atoms with Crippen molar-refractivity contribution in [2.75, 3.05) is 5.73 Å². The maximum Gasteiger partial charge on any atom is 0.303 e. The number of hydrogen-bond donors (Lipinski definition) is 2. The van der Waals surface area contributed by atoms with Gasteiger partial charge in [0.05, 0.1) is 5.69 Å². The van der Waals surface area contributed by atoms with Crippen molar-refractivity contribution in [1.82, 2.24) is 5.32 Å². The van der Waals surface area contributed by atoms with Crippen LogP contribution in [0.2, 0.25) is 0 Å². The van der Waals surface area contributed by atoms with E-state index in [2.05, 4.69) is 43.3 Å². The number of carbonyl (C=O) groups excluding carboxylic acids is 1. The Morgan fingerprint density at radius 3 is 2.76 bits per heavy atom. The number of nitrogens with one attached hydrogen (secondary N) is 1. The van der Waals surface area contributed by atoms with Gasteiger partial charge in [-0.3, -0.25) is 4.79 Å². The van der Waals surface area contributed by atoms with E-state index in [0.29, 0.717) is 6.54 Å². The van der Waals surface area contributed by atoms with Gasteiger partial charge >= 0.3 is 5.97 Å². The van der Waals surface area contributed by atoms with Gasteiger partial charge in [0.25, 0.3) is 0 Å². The van der Waals surface area contributed by atoms with E-state index in [1.165, 1.54) is 6.92 Å². The van der Waals surface area contributed by atoms with Crippen molar-refractivity contribution >= 4 is 43.5 Å². The second-order valence-corrected chi connectivity index (χ2v) is 6.83. The van der Waals surface area contributed by atoms with Gasteiger partial charge in [0.2, 0.25) is 0 Å². The van der Waals surface area contributed by atoms with Crippen LogP contribution in [0.3, 0.4) is 0 Å². The smallest absolute Gasteiger partial charge is 0.303 e. The summed E-state index contributed by atoms with van der Waals surface area (Å²) in [6, 6.07) is 4.22. The molecule has 0 heterocycles. The summed E-state index contributed by atoms with van der Waals surface area (Å²) in [5.74, 6) is -0.234. The van der Waals surface area contributed by atoms with Crippen LogP contribution in [0.25, 0.3) is 0 Å². The van der Waals surface area contributed by atoms with Crippen LogP contribution in [-0.2, 0) is 16.1 Å². The number of rotatable bonds is 4. The van der Waals surface area contributed by atoms with Crippen LogP contribution in [0.1, 0.15) is 25.3 Å². The minimum atomic E-state index is -0.234. The summed E-state index contributed by atoms with van der Waals surface area (Å²) in [5.41, 5.74) is 7.86. The highest BCUT2D eigenvalue weighted by atomic mass is 79.9. The molecule has 0 unspecified atom stereocenters. The molecule has 3 N–H and O–H groups in total. The molecule has 0 aliphatic heterocycles. The number of benzene rings is 1. The first kappa shape index (κ1) is 16.5. The Bertz CT molecular complexity index is 561. The van der Waals surface area contributed by atoms with Crippen LogP contribution in [-0.4, -0.2) is 18.1 Å². The van der Waals surface area contributed by atoms with Gasteiger partial charge in [0, 0.05) is 28.5 Å². The molecule has 0 amide bonds. The van der Waals surface area contributed by atoms with Crippen molar-refractivity contribution in [1.29, 1.82) is 0 Å². The van der Waals surface area contributed by atoms with Crippen molar-refractivity contribution in [3.05, 3.63) is 38.8 Å². The predicted molar refractivity (Wildman–Crippen MR) is 90.8 cm³/mol. The molecule has 0 fully saturated rings. The molecule has 1 aromatic rings. The number of esters is 1. The third-order valence-electron chi connectivity index (χ3n) is 3.37. The highest BCUT2D eigenvalue weighted by molar-refractivity contribution is 9.11. The van der Waals surface area contributed by atoms with E-state index in [4.69, 9.17) is 10.5 Å². The third kappa shape index (κ3) is 4.83. The molecule has 0 radical (unpaired) electrons. The fraction of sp³-hybridized carbons (Fsp3) is 0.400. The van der Waals surface area contributed by atoms with E-state index in [1.54, 1.807) is 0 Å². The van der Waals surface area contributed by atoms with Crippen molar-refractivity contribution in [3.63, 3.8) is 0 Å². The lowest BCUT2D eigenvalue weighted by Crippen LogP contribution is -2.32. The van der Waals surface area contributed by atoms with Gasteiger partial charge in [-0.15, -0.1) is 0 Å². The second-order valence-electron chi connectivity index (χ2n) is 5.06. The van der Waals surface area contributed by atoms with Crippen LogP contribution in [0.15, 0.2) is 33.2 Å². The van der Waals surface area contributed by atoms with Gasteiger partial charge in [-0.05, 0) is 52.5 Å². The molecule has 0 bridgehead atoms. The summed E-state index contributed by atoms with van der Waals surface area (Å²) in [5, 5.41) is 3.46. The normalized spacial score (nSPS) is 21.3. The molecule has 2 rings (SSSR count). The molecule has 0 spiro atoms. The number of ether oxygens (including phenoxy) is 1. The highest BCUT2D eigenvalue weighted by Gasteiger charge is 2.17. The SMILES string of the molecule is CC(=O)O[C@@H]1C=C[C@H](NCc2cc(Br)cc(Br)c2N)CC1. The Labute approximate surface area is 141 Å². The lowest BCUT2D eigenvalue weighted by Gasteiger charge is -2.24. The van der Waals surface area contributed by atoms with Gasteiger partial charge in [0.15, 0.2) is 0 Å². The standard InChI is InChI=1S/C15H18Br2N2O2/c1-9(20)21-13-4-2-12(3-5-13)19-8-10-6-11(16)7-14(17)15(10)18/h2,4,6-7,12-13,19H,3,5,8,18H2,1H3/t12-,13+/m0/s1. The van der Waals surface area contributed by atoms with Crippen molar-refractivity contribution in [3.8, 4) is 0 Å². The van der Waals surface area contributed by atoms with Crippen LogP contribution in [0.4, 0.5) is 5.69 Å². The highest BCUT2D eigenvalue weighted by Crippen LogP contribution is 2.28. The summed E-state index contributed by atoms with van der Waals surface area (Å²) in [4.78, 5) is 10.9. The lowest BCUT2D eigenvalue weighted by molar-refractivity contribution is -0.144. The molecule has 0 aromatic heterocycles. The zero-order valence-corrected chi connectivity index (χ0v) is 14.9. The largest absolute Gasteiger partial charge is 0.458 e. The van der Waals surface area contributed by atoms with Crippen molar-refractivity contribution in [2.45, 2.75) is 38.5 Å². The average Bonchev–Trinajstić information content (AvgIpc) is 2.42. The zero-order chi connectivity index (χ0) is 15.4. The predicted octanol–water partition coefficient (Wildman–Crippen LogP) is 3.53. The van der Waals surface area contributed by atoms with Crippen LogP contribution in [0.5, 0.6) is 0 Å². The monoisotopic (exact) mass is 416 g/mol. The van der Waals surface area contributed by atoms with Gasteiger partial charge in [-0.25, -0.2) is 0 Å². The maximum absolute atomic E-state index is 10.9. The summed E-state index contributed by atoms with van der Waals surface area (Å²) in [6.07, 6.45) is 5.68. The molecular formula is C15H18Br2N2O2. The Hall–Kier alpha value is -0.850. The van der Waals surface area contributed by atoms with Crippen LogP contribution >= 0.6 is 31.9 Å². The molecular weight excluding hydrogens is 400 g/mol. The third-order valence-corrected chi connectivity index (χ3v) is 4.49. The fourth-order valence-electron chi connectivity index (χ4n) is 2.30. The van der Waals surface area contributed by atoms with Crippen molar-refractivity contribution in [2.24, 2.45) is 0 Å². The van der Waals surface area contributed by atoms with E-state index < -0.39 is 0 Å².